The molecule has 0 radical (unpaired) electrons. The molecule has 1 fully saturated rings. The average molecular weight is 424 g/mol. The van der Waals surface area contributed by atoms with E-state index >= 15 is 0 Å². The van der Waals surface area contributed by atoms with Gasteiger partial charge in [-0.1, -0.05) is 17.4 Å². The van der Waals surface area contributed by atoms with Gasteiger partial charge in [-0.25, -0.2) is 15.0 Å². The Morgan fingerprint density at radius 2 is 2.07 bits per heavy atom. The van der Waals surface area contributed by atoms with Crippen LogP contribution in [0.15, 0.2) is 42.7 Å². The molecule has 7 nitrogen and oxygen atoms in total. The standard InChI is InChI=1S/C22H25N5O2S/c1-15-7-10-23-20(13-15)26-19-4-2-3-17(25-19)18-14-24-22(30-18)27-11-8-16(9-12-27)5-6-21(28)29/h2-4,7,10,13-14,16H,5-6,8-9,11-12H2,1H3,(H,28,29)(H,23,25,26). The van der Waals surface area contributed by atoms with Gasteiger partial charge >= 0.3 is 5.97 Å². The number of carbonyl (C=O) groups is 1. The van der Waals surface area contributed by atoms with Gasteiger partial charge in [0, 0.05) is 31.9 Å². The van der Waals surface area contributed by atoms with Crippen LogP contribution in [0.1, 0.15) is 31.2 Å². The number of nitrogens with zero attached hydrogens (tertiary/aromatic N) is 4. The summed E-state index contributed by atoms with van der Waals surface area (Å²) in [5, 5.41) is 13.1. The van der Waals surface area contributed by atoms with E-state index in [1.807, 2.05) is 43.5 Å². The highest BCUT2D eigenvalue weighted by molar-refractivity contribution is 7.18. The lowest BCUT2D eigenvalue weighted by Gasteiger charge is -2.31. The fraction of sp³-hybridized carbons (Fsp3) is 0.364. The summed E-state index contributed by atoms with van der Waals surface area (Å²) in [7, 11) is 0. The van der Waals surface area contributed by atoms with Crippen LogP contribution in [0.2, 0.25) is 0 Å². The van der Waals surface area contributed by atoms with Crippen LogP contribution in [0.25, 0.3) is 10.6 Å². The second kappa shape index (κ2) is 9.21. The van der Waals surface area contributed by atoms with Crippen LogP contribution in [0.5, 0.6) is 0 Å². The third-order valence-electron chi connectivity index (χ3n) is 5.32. The summed E-state index contributed by atoms with van der Waals surface area (Å²) in [6, 6.07) is 9.84. The molecule has 1 aliphatic heterocycles. The summed E-state index contributed by atoms with van der Waals surface area (Å²) >= 11 is 1.64. The van der Waals surface area contributed by atoms with Gasteiger partial charge in [0.15, 0.2) is 5.13 Å². The number of thiazole rings is 1. The maximum Gasteiger partial charge on any atom is 0.303 e. The highest BCUT2D eigenvalue weighted by Crippen LogP contribution is 2.33. The quantitative estimate of drug-likeness (QED) is 0.567. The van der Waals surface area contributed by atoms with Crippen molar-refractivity contribution in [2.24, 2.45) is 5.92 Å². The molecule has 30 heavy (non-hydrogen) atoms. The zero-order chi connectivity index (χ0) is 20.9. The number of nitrogens with one attached hydrogen (secondary N) is 1. The summed E-state index contributed by atoms with van der Waals surface area (Å²) in [4.78, 5) is 27.8. The molecule has 1 saturated heterocycles. The van der Waals surface area contributed by atoms with Gasteiger partial charge in [-0.3, -0.25) is 4.79 Å². The second-order valence-electron chi connectivity index (χ2n) is 7.62. The van der Waals surface area contributed by atoms with Gasteiger partial charge < -0.3 is 15.3 Å². The number of pyridine rings is 2. The summed E-state index contributed by atoms with van der Waals surface area (Å²) in [6.45, 7) is 3.88. The lowest BCUT2D eigenvalue weighted by atomic mass is 9.92. The number of aryl methyl sites for hydroxylation is 1. The molecule has 4 rings (SSSR count). The molecule has 1 aliphatic rings. The van der Waals surface area contributed by atoms with Crippen LogP contribution in [-0.4, -0.2) is 39.1 Å². The Labute approximate surface area is 179 Å². The third-order valence-corrected chi connectivity index (χ3v) is 6.40. The van der Waals surface area contributed by atoms with E-state index in [2.05, 4.69) is 20.2 Å². The Morgan fingerprint density at radius 3 is 2.83 bits per heavy atom. The predicted octanol–water partition coefficient (Wildman–Crippen LogP) is 4.73. The Balaban J connectivity index is 1.40. The Hall–Kier alpha value is -3.00. The number of carboxylic acid groups (broad SMARTS) is 1. The summed E-state index contributed by atoms with van der Waals surface area (Å²) in [6.07, 6.45) is 6.73. The lowest BCUT2D eigenvalue weighted by molar-refractivity contribution is -0.137. The van der Waals surface area contributed by atoms with Crippen molar-refractivity contribution in [2.45, 2.75) is 32.6 Å². The van der Waals surface area contributed by atoms with E-state index in [1.54, 1.807) is 17.5 Å². The average Bonchev–Trinajstić information content (AvgIpc) is 3.23. The van der Waals surface area contributed by atoms with Crippen molar-refractivity contribution >= 4 is 34.1 Å². The highest BCUT2D eigenvalue weighted by Gasteiger charge is 2.22. The number of aromatic nitrogens is 3. The van der Waals surface area contributed by atoms with Crippen molar-refractivity contribution in [3.8, 4) is 10.6 Å². The van der Waals surface area contributed by atoms with E-state index in [4.69, 9.17) is 10.1 Å². The molecule has 0 saturated carbocycles. The first kappa shape index (κ1) is 20.3. The minimum atomic E-state index is -0.704. The van der Waals surface area contributed by atoms with Gasteiger partial charge in [-0.15, -0.1) is 0 Å². The van der Waals surface area contributed by atoms with Crippen LogP contribution in [0.3, 0.4) is 0 Å². The largest absolute Gasteiger partial charge is 0.481 e. The third kappa shape index (κ3) is 5.13. The molecule has 156 valence electrons. The molecule has 0 amide bonds. The molecule has 0 atom stereocenters. The van der Waals surface area contributed by atoms with E-state index in [9.17, 15) is 4.79 Å². The Morgan fingerprint density at radius 1 is 1.23 bits per heavy atom. The van der Waals surface area contributed by atoms with Crippen molar-refractivity contribution in [1.82, 2.24) is 15.0 Å². The van der Waals surface area contributed by atoms with Crippen LogP contribution >= 0.6 is 11.3 Å². The molecular weight excluding hydrogens is 398 g/mol. The summed E-state index contributed by atoms with van der Waals surface area (Å²) in [5.41, 5.74) is 2.02. The normalized spacial score (nSPS) is 14.6. The second-order valence-corrected chi connectivity index (χ2v) is 8.63. The number of carboxylic acids is 1. The lowest BCUT2D eigenvalue weighted by Crippen LogP contribution is -2.33. The van der Waals surface area contributed by atoms with Gasteiger partial charge in [0.25, 0.3) is 0 Å². The number of anilines is 3. The van der Waals surface area contributed by atoms with Crippen LogP contribution in [0.4, 0.5) is 16.8 Å². The molecule has 0 bridgehead atoms. The number of aliphatic carboxylic acids is 1. The van der Waals surface area contributed by atoms with Crippen molar-refractivity contribution in [3.05, 3.63) is 48.3 Å². The minimum Gasteiger partial charge on any atom is -0.481 e. The summed E-state index contributed by atoms with van der Waals surface area (Å²) < 4.78 is 0. The fourth-order valence-electron chi connectivity index (χ4n) is 3.65. The zero-order valence-corrected chi connectivity index (χ0v) is 17.7. The number of hydrogen-bond acceptors (Lipinski definition) is 7. The van der Waals surface area contributed by atoms with Gasteiger partial charge in [-0.05, 0) is 61.9 Å². The molecule has 0 aromatic carbocycles. The zero-order valence-electron chi connectivity index (χ0n) is 16.9. The maximum absolute atomic E-state index is 10.8. The maximum atomic E-state index is 10.8. The van der Waals surface area contributed by atoms with Gasteiger partial charge in [-0.2, -0.15) is 0 Å². The molecule has 0 aliphatic carbocycles. The van der Waals surface area contributed by atoms with Gasteiger partial charge in [0.2, 0.25) is 0 Å². The Kier molecular flexibility index (Phi) is 6.23. The van der Waals surface area contributed by atoms with Crippen molar-refractivity contribution in [3.63, 3.8) is 0 Å². The number of hydrogen-bond donors (Lipinski definition) is 2. The van der Waals surface area contributed by atoms with Gasteiger partial charge in [0.1, 0.15) is 11.6 Å². The molecule has 0 spiro atoms. The van der Waals surface area contributed by atoms with Crippen molar-refractivity contribution in [2.75, 3.05) is 23.3 Å². The smallest absolute Gasteiger partial charge is 0.303 e. The summed E-state index contributed by atoms with van der Waals surface area (Å²) in [5.74, 6) is 1.32. The number of piperidine rings is 1. The first-order chi connectivity index (χ1) is 14.6. The van der Waals surface area contributed by atoms with Crippen molar-refractivity contribution in [1.29, 1.82) is 0 Å². The monoisotopic (exact) mass is 423 g/mol. The van der Waals surface area contributed by atoms with Crippen molar-refractivity contribution < 1.29 is 9.90 Å². The predicted molar refractivity (Wildman–Crippen MR) is 119 cm³/mol. The van der Waals surface area contributed by atoms with Crippen LogP contribution in [-0.2, 0) is 4.79 Å². The van der Waals surface area contributed by atoms with Crippen LogP contribution in [0, 0.1) is 12.8 Å². The first-order valence-electron chi connectivity index (χ1n) is 10.2. The minimum absolute atomic E-state index is 0.264. The molecule has 3 aromatic heterocycles. The highest BCUT2D eigenvalue weighted by atomic mass is 32.1. The van der Waals surface area contributed by atoms with E-state index < -0.39 is 5.97 Å². The molecule has 2 N–H and O–H groups in total. The molecular formula is C22H25N5O2S. The van der Waals surface area contributed by atoms with Gasteiger partial charge in [0.05, 0.1) is 10.6 Å². The number of rotatable bonds is 7. The topological polar surface area (TPSA) is 91.2 Å². The molecule has 4 heterocycles. The SMILES string of the molecule is Cc1ccnc(Nc2cccc(-c3cnc(N4CCC(CCC(=O)O)CC4)s3)n2)c1. The van der Waals surface area contributed by atoms with E-state index in [0.717, 1.165) is 65.3 Å². The molecule has 3 aromatic rings. The van der Waals surface area contributed by atoms with E-state index in [0.29, 0.717) is 5.92 Å². The van der Waals surface area contributed by atoms with E-state index in [1.165, 1.54) is 0 Å². The Bertz CT molecular complexity index is 1010. The molecule has 8 heteroatoms. The van der Waals surface area contributed by atoms with E-state index in [-0.39, 0.29) is 6.42 Å². The first-order valence-corrected chi connectivity index (χ1v) is 11.0. The molecule has 0 unspecified atom stereocenters. The fourth-order valence-corrected chi connectivity index (χ4v) is 4.58. The van der Waals surface area contributed by atoms with Crippen LogP contribution < -0.4 is 10.2 Å².